The number of aliphatic imine (C=N–C) groups is 1. The van der Waals surface area contributed by atoms with Crippen molar-refractivity contribution in [2.45, 2.75) is 12.6 Å². The highest BCUT2D eigenvalue weighted by molar-refractivity contribution is 6.08. The topological polar surface area (TPSA) is 59.7 Å². The second-order valence-corrected chi connectivity index (χ2v) is 8.61. The normalized spacial score (nSPS) is 14.9. The van der Waals surface area contributed by atoms with Gasteiger partial charge in [-0.1, -0.05) is 48.5 Å². The molecule has 1 atom stereocenters. The smallest absolute Gasteiger partial charge is 0.210 e. The Morgan fingerprint density at radius 3 is 2.41 bits per heavy atom. The number of Topliss-reactive ketones (excluding diaryl/α,β-unsaturated/α-hetero) is 1. The van der Waals surface area contributed by atoms with Crippen LogP contribution in [0.4, 0.5) is 0 Å². The molecule has 6 nitrogen and oxygen atoms in total. The summed E-state index contributed by atoms with van der Waals surface area (Å²) in [5, 5.41) is 0. The lowest BCUT2D eigenvalue weighted by molar-refractivity contribution is 0.0953. The molecule has 0 spiro atoms. The largest absolute Gasteiger partial charge is 0.497 e. The maximum Gasteiger partial charge on any atom is 0.210 e. The third-order valence-electron chi connectivity index (χ3n) is 6.02. The SMILES string of the molecule is COc1ccc(-n2cnc3c2C(=O)C(c2ccc(-c4ccccc4CN(C)C)cc2)N=C3)cc1. The van der Waals surface area contributed by atoms with E-state index < -0.39 is 6.04 Å². The predicted molar refractivity (Wildman–Crippen MR) is 134 cm³/mol. The molecule has 0 saturated heterocycles. The number of nitrogens with zero attached hydrogens (tertiary/aromatic N) is 4. The number of benzene rings is 3. The number of rotatable bonds is 6. The van der Waals surface area contributed by atoms with Gasteiger partial charge >= 0.3 is 0 Å². The number of fused-ring (bicyclic) bond motifs is 1. The third kappa shape index (κ3) is 4.04. The van der Waals surface area contributed by atoms with E-state index in [1.807, 2.05) is 41.0 Å². The van der Waals surface area contributed by atoms with E-state index in [1.54, 1.807) is 19.7 Å². The van der Waals surface area contributed by atoms with Crippen molar-refractivity contribution in [1.29, 1.82) is 0 Å². The zero-order valence-electron chi connectivity index (χ0n) is 19.5. The maximum atomic E-state index is 13.5. The van der Waals surface area contributed by atoms with Crippen LogP contribution in [0.5, 0.6) is 5.75 Å². The summed E-state index contributed by atoms with van der Waals surface area (Å²) in [5.41, 5.74) is 6.43. The summed E-state index contributed by atoms with van der Waals surface area (Å²) >= 11 is 0. The fraction of sp³-hybridized carbons (Fsp3) is 0.179. The van der Waals surface area contributed by atoms with E-state index in [0.29, 0.717) is 11.4 Å². The standard InChI is InChI=1S/C28H26N4O2/c1-31(2)17-21-6-4-5-7-24(21)19-8-10-20(11-9-19)26-28(33)27-25(16-29-26)30-18-32(27)22-12-14-23(34-3)15-13-22/h4-16,18,26H,17H2,1-3H3. The molecule has 5 rings (SSSR count). The van der Waals surface area contributed by atoms with Crippen LogP contribution in [0.15, 0.2) is 84.1 Å². The van der Waals surface area contributed by atoms with E-state index >= 15 is 0 Å². The number of methoxy groups -OCH3 is 1. The van der Waals surface area contributed by atoms with E-state index in [2.05, 4.69) is 65.4 Å². The molecule has 0 radical (unpaired) electrons. The van der Waals surface area contributed by atoms with Crippen LogP contribution in [0.3, 0.4) is 0 Å². The Morgan fingerprint density at radius 2 is 1.71 bits per heavy atom. The summed E-state index contributed by atoms with van der Waals surface area (Å²) in [6.45, 7) is 0.863. The van der Waals surface area contributed by atoms with Gasteiger partial charge in [0.25, 0.3) is 0 Å². The quantitative estimate of drug-likeness (QED) is 0.416. The molecule has 1 unspecified atom stereocenters. The molecule has 0 fully saturated rings. The van der Waals surface area contributed by atoms with Gasteiger partial charge < -0.3 is 9.64 Å². The van der Waals surface area contributed by atoms with Crippen LogP contribution < -0.4 is 4.74 Å². The van der Waals surface area contributed by atoms with Gasteiger partial charge in [-0.15, -0.1) is 0 Å². The van der Waals surface area contributed by atoms with E-state index in [9.17, 15) is 4.79 Å². The van der Waals surface area contributed by atoms with Crippen molar-refractivity contribution >= 4 is 12.0 Å². The number of carbonyl (C=O) groups is 1. The highest BCUT2D eigenvalue weighted by Gasteiger charge is 2.30. The molecule has 0 saturated carbocycles. The van der Waals surface area contributed by atoms with Gasteiger partial charge in [-0.3, -0.25) is 14.4 Å². The first-order valence-corrected chi connectivity index (χ1v) is 11.2. The molecular formula is C28H26N4O2. The number of ether oxygens (including phenoxy) is 1. The number of hydrogen-bond donors (Lipinski definition) is 0. The van der Waals surface area contributed by atoms with Crippen LogP contribution in [-0.2, 0) is 6.54 Å². The van der Waals surface area contributed by atoms with Gasteiger partial charge in [-0.05, 0) is 60.6 Å². The van der Waals surface area contributed by atoms with E-state index in [1.165, 1.54) is 11.1 Å². The molecule has 0 amide bonds. The van der Waals surface area contributed by atoms with Crippen molar-refractivity contribution in [2.75, 3.05) is 21.2 Å². The highest BCUT2D eigenvalue weighted by Crippen LogP contribution is 2.31. The van der Waals surface area contributed by atoms with Crippen molar-refractivity contribution < 1.29 is 9.53 Å². The lowest BCUT2D eigenvalue weighted by atomic mass is 9.94. The average Bonchev–Trinajstić information content (AvgIpc) is 3.30. The molecule has 4 aromatic rings. The van der Waals surface area contributed by atoms with E-state index in [-0.39, 0.29) is 5.78 Å². The molecule has 34 heavy (non-hydrogen) atoms. The van der Waals surface area contributed by atoms with Crippen molar-refractivity contribution in [1.82, 2.24) is 14.5 Å². The lowest BCUT2D eigenvalue weighted by Gasteiger charge is -2.18. The van der Waals surface area contributed by atoms with Crippen molar-refractivity contribution in [3.05, 3.63) is 102 Å². The Hall–Kier alpha value is -4.03. The molecular weight excluding hydrogens is 424 g/mol. The Morgan fingerprint density at radius 1 is 0.971 bits per heavy atom. The number of carbonyl (C=O) groups excluding carboxylic acids is 1. The third-order valence-corrected chi connectivity index (χ3v) is 6.02. The van der Waals surface area contributed by atoms with Crippen molar-refractivity contribution in [3.63, 3.8) is 0 Å². The average molecular weight is 451 g/mol. The number of aromatic nitrogens is 2. The Bertz CT molecular complexity index is 1350. The molecule has 170 valence electrons. The Labute approximate surface area is 199 Å². The zero-order chi connectivity index (χ0) is 23.7. The molecule has 1 aliphatic heterocycles. The van der Waals surface area contributed by atoms with Gasteiger partial charge in [0, 0.05) is 12.2 Å². The summed E-state index contributed by atoms with van der Waals surface area (Å²) in [4.78, 5) is 24.6. The molecule has 3 aromatic carbocycles. The van der Waals surface area contributed by atoms with E-state index in [0.717, 1.165) is 29.1 Å². The fourth-order valence-electron chi connectivity index (χ4n) is 4.35. The zero-order valence-corrected chi connectivity index (χ0v) is 19.5. The predicted octanol–water partition coefficient (Wildman–Crippen LogP) is 4.97. The monoisotopic (exact) mass is 450 g/mol. The first kappa shape index (κ1) is 21.8. The summed E-state index contributed by atoms with van der Waals surface area (Å²) in [6, 6.07) is 23.5. The summed E-state index contributed by atoms with van der Waals surface area (Å²) < 4.78 is 7.07. The fourth-order valence-corrected chi connectivity index (χ4v) is 4.35. The van der Waals surface area contributed by atoms with Crippen molar-refractivity contribution in [2.24, 2.45) is 4.99 Å². The molecule has 1 aromatic heterocycles. The minimum absolute atomic E-state index is 0.0634. The minimum atomic E-state index is -0.590. The van der Waals surface area contributed by atoms with Gasteiger partial charge in [-0.25, -0.2) is 4.98 Å². The minimum Gasteiger partial charge on any atom is -0.497 e. The van der Waals surface area contributed by atoms with Gasteiger partial charge in [0.15, 0.2) is 0 Å². The van der Waals surface area contributed by atoms with Crippen LogP contribution in [-0.4, -0.2) is 47.7 Å². The summed E-state index contributed by atoms with van der Waals surface area (Å²) in [7, 11) is 5.76. The molecule has 2 heterocycles. The van der Waals surface area contributed by atoms with Gasteiger partial charge in [0.1, 0.15) is 29.5 Å². The maximum absolute atomic E-state index is 13.5. The van der Waals surface area contributed by atoms with Gasteiger partial charge in [0.2, 0.25) is 5.78 Å². The number of hydrogen-bond acceptors (Lipinski definition) is 5. The van der Waals surface area contributed by atoms with E-state index in [4.69, 9.17) is 4.74 Å². The first-order valence-electron chi connectivity index (χ1n) is 11.2. The Kier molecular flexibility index (Phi) is 5.82. The van der Waals surface area contributed by atoms with Crippen LogP contribution in [0, 0.1) is 0 Å². The summed E-state index contributed by atoms with van der Waals surface area (Å²) in [5.74, 6) is 0.697. The van der Waals surface area contributed by atoms with Crippen LogP contribution >= 0.6 is 0 Å². The second kappa shape index (κ2) is 9.08. The van der Waals surface area contributed by atoms with Gasteiger partial charge in [0.05, 0.1) is 13.3 Å². The Balaban J connectivity index is 1.44. The molecule has 0 bridgehead atoms. The van der Waals surface area contributed by atoms with Gasteiger partial charge in [-0.2, -0.15) is 0 Å². The summed E-state index contributed by atoms with van der Waals surface area (Å²) in [6.07, 6.45) is 3.37. The van der Waals surface area contributed by atoms with Crippen LogP contribution in [0.1, 0.15) is 33.4 Å². The number of imidazole rings is 1. The molecule has 1 aliphatic rings. The van der Waals surface area contributed by atoms with Crippen LogP contribution in [0.25, 0.3) is 16.8 Å². The highest BCUT2D eigenvalue weighted by atomic mass is 16.5. The van der Waals surface area contributed by atoms with Crippen LogP contribution in [0.2, 0.25) is 0 Å². The molecule has 6 heteroatoms. The molecule has 0 N–H and O–H groups in total. The van der Waals surface area contributed by atoms with Crippen molar-refractivity contribution in [3.8, 4) is 22.6 Å². The number of ketones is 1. The second-order valence-electron chi connectivity index (χ2n) is 8.61. The first-order chi connectivity index (χ1) is 16.5. The molecule has 0 aliphatic carbocycles. The lowest BCUT2D eigenvalue weighted by Crippen LogP contribution is -2.20.